The molecule has 194 valence electrons. The van der Waals surface area contributed by atoms with Gasteiger partial charge in [0, 0.05) is 37.8 Å². The average Bonchev–Trinajstić information content (AvgIpc) is 2.98. The Morgan fingerprint density at radius 2 is 1.62 bits per heavy atom. The number of likely N-dealkylation sites (tertiary alicyclic amines) is 1. The Kier molecular flexibility index (Phi) is 8.10. The van der Waals surface area contributed by atoms with Gasteiger partial charge in [-0.25, -0.2) is 4.79 Å². The van der Waals surface area contributed by atoms with Crippen LogP contribution in [0.2, 0.25) is 0 Å². The number of rotatable bonds is 6. The third-order valence-electron chi connectivity index (χ3n) is 7.56. The summed E-state index contributed by atoms with van der Waals surface area (Å²) < 4.78 is 6.06. The van der Waals surface area contributed by atoms with E-state index in [4.69, 9.17) is 4.74 Å². The van der Waals surface area contributed by atoms with E-state index < -0.39 is 0 Å². The highest BCUT2D eigenvalue weighted by molar-refractivity contribution is 5.76. The normalized spacial score (nSPS) is 19.5. The van der Waals surface area contributed by atoms with Crippen molar-refractivity contribution in [2.75, 3.05) is 19.6 Å². The van der Waals surface area contributed by atoms with Crippen molar-refractivity contribution in [1.82, 2.24) is 15.1 Å². The fraction of sp³-hybridized carbons (Fsp3) is 0.406. The van der Waals surface area contributed by atoms with E-state index in [2.05, 4.69) is 95.7 Å². The van der Waals surface area contributed by atoms with Crippen LogP contribution in [0, 0.1) is 0 Å². The van der Waals surface area contributed by atoms with Crippen molar-refractivity contribution in [1.29, 1.82) is 0 Å². The molecule has 1 unspecified atom stereocenters. The molecule has 5 rings (SSSR count). The SMILES string of the molecule is CC(C)Oc1ccccc1CN1CCC(N2C(=O)NCCCc3ccccc3C2c2ccccc2)CC1. The first kappa shape index (κ1) is 25.3. The Morgan fingerprint density at radius 1 is 0.919 bits per heavy atom. The molecule has 2 amide bonds. The summed E-state index contributed by atoms with van der Waals surface area (Å²) in [6, 6.07) is 27.7. The van der Waals surface area contributed by atoms with Crippen LogP contribution in [-0.2, 0) is 13.0 Å². The maximum atomic E-state index is 13.7. The van der Waals surface area contributed by atoms with Gasteiger partial charge in [0.15, 0.2) is 0 Å². The van der Waals surface area contributed by atoms with Gasteiger partial charge in [-0.2, -0.15) is 0 Å². The molecule has 0 spiro atoms. The van der Waals surface area contributed by atoms with Crippen LogP contribution in [0.4, 0.5) is 4.79 Å². The number of benzene rings is 3. The molecule has 1 saturated heterocycles. The number of nitrogens with one attached hydrogen (secondary N) is 1. The molecule has 1 N–H and O–H groups in total. The second-order valence-corrected chi connectivity index (χ2v) is 10.5. The first-order chi connectivity index (χ1) is 18.1. The van der Waals surface area contributed by atoms with Crippen LogP contribution in [0.15, 0.2) is 78.9 Å². The lowest BCUT2D eigenvalue weighted by Gasteiger charge is -2.43. The van der Waals surface area contributed by atoms with E-state index in [1.54, 1.807) is 0 Å². The molecular formula is C32H39N3O2. The molecule has 2 aliphatic heterocycles. The van der Waals surface area contributed by atoms with E-state index in [-0.39, 0.29) is 24.2 Å². The van der Waals surface area contributed by atoms with Crippen molar-refractivity contribution in [3.63, 3.8) is 0 Å². The molecule has 5 heteroatoms. The standard InChI is InChI=1S/C32H39N3O2/c1-24(2)37-30-17-9-7-14-27(30)23-34-21-18-28(19-22-34)35-31(26-12-4-3-5-13-26)29-16-8-6-11-25(29)15-10-20-33-32(35)36/h3-9,11-14,16-17,24,28,31H,10,15,18-23H2,1-2H3,(H,33,36). The maximum absolute atomic E-state index is 13.7. The number of carbonyl (C=O) groups excluding carboxylic acids is 1. The second kappa shape index (κ2) is 11.8. The van der Waals surface area contributed by atoms with Gasteiger partial charge < -0.3 is 15.0 Å². The lowest BCUT2D eigenvalue weighted by Crippen LogP contribution is -2.52. The summed E-state index contributed by atoms with van der Waals surface area (Å²) in [6.07, 6.45) is 3.98. The summed E-state index contributed by atoms with van der Waals surface area (Å²) in [5, 5.41) is 3.24. The topological polar surface area (TPSA) is 44.8 Å². The highest BCUT2D eigenvalue weighted by Gasteiger charge is 2.36. The Bertz CT molecular complexity index is 1170. The van der Waals surface area contributed by atoms with Crippen LogP contribution < -0.4 is 10.1 Å². The average molecular weight is 498 g/mol. The van der Waals surface area contributed by atoms with Gasteiger partial charge in [-0.05, 0) is 62.3 Å². The number of nitrogens with zero attached hydrogens (tertiary/aromatic N) is 2. The van der Waals surface area contributed by atoms with Gasteiger partial charge in [0.25, 0.3) is 0 Å². The molecule has 1 fully saturated rings. The Labute approximate surface area is 221 Å². The van der Waals surface area contributed by atoms with E-state index in [0.717, 1.165) is 51.1 Å². The molecule has 0 aliphatic carbocycles. The molecule has 0 radical (unpaired) electrons. The van der Waals surface area contributed by atoms with Crippen LogP contribution >= 0.6 is 0 Å². The van der Waals surface area contributed by atoms with E-state index >= 15 is 0 Å². The van der Waals surface area contributed by atoms with Crippen LogP contribution in [-0.4, -0.2) is 47.6 Å². The minimum absolute atomic E-state index is 0.0553. The fourth-order valence-electron chi connectivity index (χ4n) is 5.81. The predicted octanol–water partition coefficient (Wildman–Crippen LogP) is 6.19. The highest BCUT2D eigenvalue weighted by Crippen LogP contribution is 2.36. The van der Waals surface area contributed by atoms with Crippen molar-refractivity contribution in [2.45, 2.75) is 64.3 Å². The molecule has 3 aromatic carbocycles. The molecule has 1 atom stereocenters. The molecule has 0 bridgehead atoms. The van der Waals surface area contributed by atoms with Crippen LogP contribution in [0.3, 0.4) is 0 Å². The number of urea groups is 1. The number of piperidine rings is 1. The molecule has 37 heavy (non-hydrogen) atoms. The summed E-state index contributed by atoms with van der Waals surface area (Å²) in [5.41, 5.74) is 5.01. The summed E-state index contributed by atoms with van der Waals surface area (Å²) >= 11 is 0. The number of ether oxygens (including phenoxy) is 1. The number of hydrogen-bond acceptors (Lipinski definition) is 3. The van der Waals surface area contributed by atoms with Gasteiger partial charge in [-0.3, -0.25) is 4.90 Å². The van der Waals surface area contributed by atoms with Gasteiger partial charge >= 0.3 is 6.03 Å². The zero-order valence-electron chi connectivity index (χ0n) is 22.1. The van der Waals surface area contributed by atoms with Gasteiger partial charge in [-0.15, -0.1) is 0 Å². The van der Waals surface area contributed by atoms with Crippen molar-refractivity contribution in [3.8, 4) is 5.75 Å². The van der Waals surface area contributed by atoms with E-state index in [0.29, 0.717) is 6.54 Å². The number of para-hydroxylation sites is 1. The predicted molar refractivity (Wildman–Crippen MR) is 149 cm³/mol. The van der Waals surface area contributed by atoms with Crippen molar-refractivity contribution >= 4 is 6.03 Å². The molecule has 0 aromatic heterocycles. The Hall–Kier alpha value is -3.31. The molecule has 2 heterocycles. The maximum Gasteiger partial charge on any atom is 0.318 e. The first-order valence-corrected chi connectivity index (χ1v) is 13.8. The summed E-state index contributed by atoms with van der Waals surface area (Å²) in [4.78, 5) is 18.4. The van der Waals surface area contributed by atoms with Crippen LogP contribution in [0.1, 0.15) is 61.4 Å². The number of carbonyl (C=O) groups is 1. The van der Waals surface area contributed by atoms with Crippen molar-refractivity contribution < 1.29 is 9.53 Å². The Morgan fingerprint density at radius 3 is 2.41 bits per heavy atom. The van der Waals surface area contributed by atoms with E-state index in [1.807, 2.05) is 12.1 Å². The summed E-state index contributed by atoms with van der Waals surface area (Å²) in [6.45, 7) is 7.62. The monoisotopic (exact) mass is 497 g/mol. The van der Waals surface area contributed by atoms with E-state index in [1.165, 1.54) is 22.3 Å². The minimum Gasteiger partial charge on any atom is -0.491 e. The number of hydrogen-bond donors (Lipinski definition) is 1. The summed E-state index contributed by atoms with van der Waals surface area (Å²) in [5.74, 6) is 0.972. The van der Waals surface area contributed by atoms with Crippen LogP contribution in [0.25, 0.3) is 0 Å². The van der Waals surface area contributed by atoms with Crippen molar-refractivity contribution in [2.24, 2.45) is 0 Å². The number of aryl methyl sites for hydroxylation is 1. The molecule has 3 aromatic rings. The minimum atomic E-state index is -0.0905. The number of amides is 2. The second-order valence-electron chi connectivity index (χ2n) is 10.5. The highest BCUT2D eigenvalue weighted by atomic mass is 16.5. The molecule has 2 aliphatic rings. The third-order valence-corrected chi connectivity index (χ3v) is 7.56. The Balaban J connectivity index is 1.39. The van der Waals surface area contributed by atoms with Crippen molar-refractivity contribution in [3.05, 3.63) is 101 Å². The largest absolute Gasteiger partial charge is 0.491 e. The zero-order valence-corrected chi connectivity index (χ0v) is 22.1. The van der Waals surface area contributed by atoms with Gasteiger partial charge in [-0.1, -0.05) is 72.8 Å². The molecular weight excluding hydrogens is 458 g/mol. The lowest BCUT2D eigenvalue weighted by atomic mass is 9.89. The smallest absolute Gasteiger partial charge is 0.318 e. The first-order valence-electron chi connectivity index (χ1n) is 13.8. The van der Waals surface area contributed by atoms with E-state index in [9.17, 15) is 4.79 Å². The molecule has 0 saturated carbocycles. The quantitative estimate of drug-likeness (QED) is 0.442. The van der Waals surface area contributed by atoms with Gasteiger partial charge in [0.2, 0.25) is 0 Å². The molecule has 5 nitrogen and oxygen atoms in total. The van der Waals surface area contributed by atoms with Crippen LogP contribution in [0.5, 0.6) is 5.75 Å². The van der Waals surface area contributed by atoms with Gasteiger partial charge in [0.1, 0.15) is 5.75 Å². The van der Waals surface area contributed by atoms with Gasteiger partial charge in [0.05, 0.1) is 12.1 Å². The lowest BCUT2D eigenvalue weighted by molar-refractivity contribution is 0.101. The fourth-order valence-corrected chi connectivity index (χ4v) is 5.81. The zero-order chi connectivity index (χ0) is 25.6. The number of fused-ring (bicyclic) bond motifs is 1. The third kappa shape index (κ3) is 5.99. The summed E-state index contributed by atoms with van der Waals surface area (Å²) in [7, 11) is 0.